The van der Waals surface area contributed by atoms with Gasteiger partial charge in [-0.1, -0.05) is 83.9 Å². The Kier molecular flexibility index (Phi) is 10.8. The van der Waals surface area contributed by atoms with E-state index in [0.29, 0.717) is 21.5 Å². The number of anilines is 1. The largest absolute Gasteiger partial charge is 0.416 e. The maximum atomic E-state index is 14.3. The standard InChI is InChI=1S/C32H28Cl2F3N3O4S/c1-38-31(42)29(18-22-10-4-2-5-11-22)39(20-26-27(33)16-9-17-28(26)34)30(41)21-40(45(43,44)25-14-6-3-7-15-25)24-13-8-12-23(19-24)32(35,36)37/h2-17,19,29H,18,20-21H2,1H3,(H,38,42). The van der Waals surface area contributed by atoms with E-state index >= 15 is 0 Å². The molecule has 1 atom stereocenters. The summed E-state index contributed by atoms with van der Waals surface area (Å²) in [5.41, 5.74) is -0.501. The zero-order chi connectivity index (χ0) is 32.8. The first-order valence-corrected chi connectivity index (χ1v) is 15.8. The molecule has 0 fully saturated rings. The summed E-state index contributed by atoms with van der Waals surface area (Å²) < 4.78 is 69.5. The predicted octanol–water partition coefficient (Wildman–Crippen LogP) is 6.59. The van der Waals surface area contributed by atoms with Crippen LogP contribution in [0.2, 0.25) is 10.0 Å². The summed E-state index contributed by atoms with van der Waals surface area (Å²) in [5, 5.41) is 2.94. The molecule has 4 aromatic rings. The molecule has 0 aromatic heterocycles. The number of nitrogens with one attached hydrogen (secondary N) is 1. The van der Waals surface area contributed by atoms with Crippen LogP contribution in [0.3, 0.4) is 0 Å². The molecule has 13 heteroatoms. The van der Waals surface area contributed by atoms with Crippen LogP contribution in [0.1, 0.15) is 16.7 Å². The van der Waals surface area contributed by atoms with Gasteiger partial charge >= 0.3 is 6.18 Å². The third kappa shape index (κ3) is 8.16. The smallest absolute Gasteiger partial charge is 0.357 e. The van der Waals surface area contributed by atoms with Gasteiger partial charge in [0.15, 0.2) is 0 Å². The first-order valence-electron chi connectivity index (χ1n) is 13.6. The highest BCUT2D eigenvalue weighted by Gasteiger charge is 2.36. The van der Waals surface area contributed by atoms with Crippen molar-refractivity contribution in [2.24, 2.45) is 0 Å². The third-order valence-corrected chi connectivity index (χ3v) is 9.48. The maximum Gasteiger partial charge on any atom is 0.416 e. The van der Waals surface area contributed by atoms with Gasteiger partial charge in [-0.3, -0.25) is 13.9 Å². The summed E-state index contributed by atoms with van der Waals surface area (Å²) in [5.74, 6) is -1.45. The molecule has 7 nitrogen and oxygen atoms in total. The number of nitrogens with zero attached hydrogens (tertiary/aromatic N) is 2. The molecule has 0 saturated carbocycles. The van der Waals surface area contributed by atoms with Crippen LogP contribution in [0, 0.1) is 0 Å². The molecule has 1 unspecified atom stereocenters. The minimum atomic E-state index is -4.78. The molecule has 0 aliphatic rings. The van der Waals surface area contributed by atoms with E-state index in [0.717, 1.165) is 17.0 Å². The minimum Gasteiger partial charge on any atom is -0.357 e. The van der Waals surface area contributed by atoms with E-state index in [-0.39, 0.29) is 27.9 Å². The second-order valence-corrected chi connectivity index (χ2v) is 12.6. The van der Waals surface area contributed by atoms with E-state index in [9.17, 15) is 31.2 Å². The van der Waals surface area contributed by atoms with E-state index in [1.807, 2.05) is 0 Å². The SMILES string of the molecule is CNC(=O)C(Cc1ccccc1)N(Cc1c(Cl)cccc1Cl)C(=O)CN(c1cccc(C(F)(F)F)c1)S(=O)(=O)c1ccccc1. The summed E-state index contributed by atoms with van der Waals surface area (Å²) in [6, 6.07) is 23.0. The molecule has 45 heavy (non-hydrogen) atoms. The second-order valence-electron chi connectivity index (χ2n) is 9.91. The van der Waals surface area contributed by atoms with Crippen LogP contribution in [0.5, 0.6) is 0 Å². The Hall–Kier alpha value is -4.06. The van der Waals surface area contributed by atoms with Crippen molar-refractivity contribution in [3.8, 4) is 0 Å². The van der Waals surface area contributed by atoms with E-state index < -0.39 is 51.9 Å². The van der Waals surface area contributed by atoms with Gasteiger partial charge in [0, 0.05) is 35.6 Å². The number of halogens is 5. The van der Waals surface area contributed by atoms with E-state index in [1.54, 1.807) is 54.6 Å². The highest BCUT2D eigenvalue weighted by atomic mass is 35.5. The van der Waals surface area contributed by atoms with Crippen molar-refractivity contribution in [2.75, 3.05) is 17.9 Å². The number of carbonyl (C=O) groups excluding carboxylic acids is 2. The van der Waals surface area contributed by atoms with Gasteiger partial charge in [0.05, 0.1) is 16.1 Å². The summed E-state index contributed by atoms with van der Waals surface area (Å²) >= 11 is 12.9. The third-order valence-electron chi connectivity index (χ3n) is 6.98. The number of benzene rings is 4. The Balaban J connectivity index is 1.85. The molecule has 4 aromatic carbocycles. The molecule has 1 N–H and O–H groups in total. The van der Waals surface area contributed by atoms with Crippen LogP contribution in [0.4, 0.5) is 18.9 Å². The Bertz CT molecular complexity index is 1740. The Morgan fingerprint density at radius 1 is 0.844 bits per heavy atom. The van der Waals surface area contributed by atoms with Crippen LogP contribution >= 0.6 is 23.2 Å². The topological polar surface area (TPSA) is 86.8 Å². The van der Waals surface area contributed by atoms with Crippen molar-refractivity contribution < 1.29 is 31.2 Å². The maximum absolute atomic E-state index is 14.3. The van der Waals surface area contributed by atoms with E-state index in [4.69, 9.17) is 23.2 Å². The molecule has 0 radical (unpaired) electrons. The number of likely N-dealkylation sites (N-methyl/N-ethyl adjacent to an activating group) is 1. The lowest BCUT2D eigenvalue weighted by Crippen LogP contribution is -2.53. The van der Waals surface area contributed by atoms with Crippen LogP contribution in [0.15, 0.2) is 108 Å². The minimum absolute atomic E-state index is 0.0311. The van der Waals surface area contributed by atoms with Crippen molar-refractivity contribution in [1.29, 1.82) is 0 Å². The Morgan fingerprint density at radius 3 is 2.00 bits per heavy atom. The normalized spacial score (nSPS) is 12.3. The number of rotatable bonds is 11. The molecule has 0 aliphatic heterocycles. The lowest BCUT2D eigenvalue weighted by atomic mass is 10.0. The van der Waals surface area contributed by atoms with Gasteiger partial charge < -0.3 is 10.2 Å². The van der Waals surface area contributed by atoms with Crippen LogP contribution in [-0.4, -0.2) is 44.8 Å². The molecule has 0 saturated heterocycles. The van der Waals surface area contributed by atoms with Gasteiger partial charge in [0.25, 0.3) is 10.0 Å². The van der Waals surface area contributed by atoms with Gasteiger partial charge in [0.1, 0.15) is 12.6 Å². The molecule has 0 spiro atoms. The lowest BCUT2D eigenvalue weighted by Gasteiger charge is -2.34. The lowest BCUT2D eigenvalue weighted by molar-refractivity contribution is -0.139. The van der Waals surface area contributed by atoms with Gasteiger partial charge in [-0.2, -0.15) is 13.2 Å². The van der Waals surface area contributed by atoms with Crippen molar-refractivity contribution in [1.82, 2.24) is 10.2 Å². The number of hydrogen-bond acceptors (Lipinski definition) is 4. The fourth-order valence-corrected chi connectivity index (χ4v) is 6.60. The highest BCUT2D eigenvalue weighted by molar-refractivity contribution is 7.92. The predicted molar refractivity (Wildman–Crippen MR) is 167 cm³/mol. The van der Waals surface area contributed by atoms with Gasteiger partial charge in [-0.25, -0.2) is 8.42 Å². The fraction of sp³-hybridized carbons (Fsp3) is 0.188. The Labute approximate surface area is 269 Å². The zero-order valence-corrected chi connectivity index (χ0v) is 26.2. The number of alkyl halides is 3. The van der Waals surface area contributed by atoms with Crippen LogP contribution < -0.4 is 9.62 Å². The number of carbonyl (C=O) groups is 2. The van der Waals surface area contributed by atoms with Gasteiger partial charge in [-0.05, 0) is 48.0 Å². The first-order chi connectivity index (χ1) is 21.3. The molecular weight excluding hydrogens is 650 g/mol. The average molecular weight is 679 g/mol. The van der Waals surface area contributed by atoms with Crippen molar-refractivity contribution >= 4 is 50.7 Å². The second kappa shape index (κ2) is 14.4. The average Bonchev–Trinajstić information content (AvgIpc) is 3.02. The summed E-state index contributed by atoms with van der Waals surface area (Å²) in [4.78, 5) is 28.5. The monoisotopic (exact) mass is 677 g/mol. The fourth-order valence-electron chi connectivity index (χ4n) is 4.66. The van der Waals surface area contributed by atoms with Crippen molar-refractivity contribution in [2.45, 2.75) is 30.1 Å². The highest BCUT2D eigenvalue weighted by Crippen LogP contribution is 2.34. The molecule has 2 amide bonds. The molecule has 4 rings (SSSR count). The summed E-state index contributed by atoms with van der Waals surface area (Å²) in [7, 11) is -3.19. The first kappa shape index (κ1) is 33.8. The zero-order valence-electron chi connectivity index (χ0n) is 23.8. The van der Waals surface area contributed by atoms with Crippen LogP contribution in [0.25, 0.3) is 0 Å². The van der Waals surface area contributed by atoms with Crippen molar-refractivity contribution in [3.63, 3.8) is 0 Å². The van der Waals surface area contributed by atoms with Crippen molar-refractivity contribution in [3.05, 3.63) is 130 Å². The van der Waals surface area contributed by atoms with Gasteiger partial charge in [-0.15, -0.1) is 0 Å². The summed E-state index contributed by atoms with van der Waals surface area (Å²) in [6.45, 7) is -1.24. The molecule has 0 heterocycles. The molecule has 236 valence electrons. The van der Waals surface area contributed by atoms with E-state index in [1.165, 1.54) is 37.4 Å². The molecule has 0 bridgehead atoms. The quantitative estimate of drug-likeness (QED) is 0.194. The summed E-state index contributed by atoms with van der Waals surface area (Å²) in [6.07, 6.45) is -4.75. The number of amides is 2. The van der Waals surface area contributed by atoms with E-state index in [2.05, 4.69) is 5.32 Å². The number of hydrogen-bond donors (Lipinski definition) is 1. The molecule has 0 aliphatic carbocycles. The number of sulfonamides is 1. The Morgan fingerprint density at radius 2 is 1.42 bits per heavy atom. The molecular formula is C32H28Cl2F3N3O4S. The van der Waals surface area contributed by atoms with Gasteiger partial charge in [0.2, 0.25) is 11.8 Å². The van der Waals surface area contributed by atoms with Crippen LogP contribution in [-0.2, 0) is 38.8 Å².